The van der Waals surface area contributed by atoms with Gasteiger partial charge in [-0.3, -0.25) is 4.79 Å². The van der Waals surface area contributed by atoms with Gasteiger partial charge in [0, 0.05) is 36.6 Å². The summed E-state index contributed by atoms with van der Waals surface area (Å²) in [5.41, 5.74) is 4.50. The molecule has 2 aromatic heterocycles. The van der Waals surface area contributed by atoms with Gasteiger partial charge in [0.05, 0.1) is 0 Å². The molecule has 0 bridgehead atoms. The van der Waals surface area contributed by atoms with Crippen molar-refractivity contribution in [2.24, 2.45) is 0 Å². The second-order valence-corrected chi connectivity index (χ2v) is 4.60. The molecule has 0 saturated carbocycles. The van der Waals surface area contributed by atoms with E-state index in [-0.39, 0.29) is 5.43 Å². The Morgan fingerprint density at radius 1 is 1.22 bits per heavy atom. The molecule has 0 aliphatic carbocycles. The fourth-order valence-electron chi connectivity index (χ4n) is 2.20. The van der Waals surface area contributed by atoms with E-state index in [1.165, 1.54) is 11.1 Å². The minimum atomic E-state index is 0.0268. The molecule has 0 atom stereocenters. The lowest BCUT2D eigenvalue weighted by molar-refractivity contribution is 1.11. The highest BCUT2D eigenvalue weighted by Crippen LogP contribution is 2.11. The number of imidazole rings is 1. The molecular weight excluding hydrogens is 224 g/mol. The highest BCUT2D eigenvalue weighted by molar-refractivity contribution is 5.40. The first-order valence-corrected chi connectivity index (χ1v) is 5.96. The molecule has 1 N–H and O–H groups in total. The third-order valence-corrected chi connectivity index (χ3v) is 3.02. The number of hydrogen-bond acceptors (Lipinski definition) is 1. The van der Waals surface area contributed by atoms with Gasteiger partial charge in [-0.15, -0.1) is 0 Å². The monoisotopic (exact) mass is 238 g/mol. The van der Waals surface area contributed by atoms with Crippen LogP contribution in [0.3, 0.4) is 0 Å². The van der Waals surface area contributed by atoms with Crippen molar-refractivity contribution in [3.8, 4) is 0 Å². The predicted octanol–water partition coefficient (Wildman–Crippen LogP) is 2.53. The van der Waals surface area contributed by atoms with Crippen LogP contribution in [0, 0.1) is 6.92 Å². The van der Waals surface area contributed by atoms with Crippen molar-refractivity contribution in [2.45, 2.75) is 13.3 Å². The van der Waals surface area contributed by atoms with E-state index in [2.05, 4.69) is 36.2 Å². The maximum absolute atomic E-state index is 11.3. The molecule has 3 nitrogen and oxygen atoms in total. The van der Waals surface area contributed by atoms with Gasteiger partial charge in [-0.05, 0) is 12.5 Å². The van der Waals surface area contributed by atoms with Gasteiger partial charge in [0.15, 0.2) is 5.43 Å². The van der Waals surface area contributed by atoms with Gasteiger partial charge < -0.3 is 9.38 Å². The summed E-state index contributed by atoms with van der Waals surface area (Å²) in [6.45, 7) is 2.09. The van der Waals surface area contributed by atoms with Gasteiger partial charge in [-0.2, -0.15) is 0 Å². The van der Waals surface area contributed by atoms with Crippen LogP contribution in [-0.4, -0.2) is 9.38 Å². The number of H-pyrrole nitrogens is 1. The third-order valence-electron chi connectivity index (χ3n) is 3.02. The number of pyridine rings is 1. The number of aromatic nitrogens is 2. The summed E-state index contributed by atoms with van der Waals surface area (Å²) in [5, 5.41) is 0. The first-order chi connectivity index (χ1) is 8.70. The van der Waals surface area contributed by atoms with Crippen molar-refractivity contribution in [1.29, 1.82) is 0 Å². The maximum atomic E-state index is 11.3. The summed E-state index contributed by atoms with van der Waals surface area (Å²) in [6, 6.07) is 11.6. The Morgan fingerprint density at radius 3 is 2.94 bits per heavy atom. The Balaban J connectivity index is 1.98. The SMILES string of the molecule is Cc1cccc(Cc2cn3ccc(=O)cc3[nH]2)c1. The molecule has 18 heavy (non-hydrogen) atoms. The molecule has 2 heterocycles. The van der Waals surface area contributed by atoms with Crippen LogP contribution < -0.4 is 5.43 Å². The fraction of sp³-hybridized carbons (Fsp3) is 0.133. The Bertz CT molecular complexity index is 752. The summed E-state index contributed by atoms with van der Waals surface area (Å²) in [6.07, 6.45) is 4.66. The molecule has 0 radical (unpaired) electrons. The van der Waals surface area contributed by atoms with Crippen LogP contribution in [0.2, 0.25) is 0 Å². The van der Waals surface area contributed by atoms with E-state index in [1.807, 2.05) is 10.6 Å². The van der Waals surface area contributed by atoms with Crippen LogP contribution in [0.1, 0.15) is 16.8 Å². The van der Waals surface area contributed by atoms with Crippen molar-refractivity contribution in [1.82, 2.24) is 9.38 Å². The first kappa shape index (κ1) is 10.8. The van der Waals surface area contributed by atoms with Crippen LogP contribution in [0.15, 0.2) is 53.6 Å². The highest BCUT2D eigenvalue weighted by atomic mass is 16.1. The van der Waals surface area contributed by atoms with Gasteiger partial charge in [-0.25, -0.2) is 0 Å². The molecule has 3 rings (SSSR count). The number of aryl methyl sites for hydroxylation is 1. The van der Waals surface area contributed by atoms with E-state index in [1.54, 1.807) is 18.3 Å². The first-order valence-electron chi connectivity index (χ1n) is 5.96. The summed E-state index contributed by atoms with van der Waals surface area (Å²) in [7, 11) is 0. The standard InChI is InChI=1S/C15H14N2O/c1-11-3-2-4-12(7-11)8-13-10-17-6-5-14(18)9-15(17)16-13/h2-7,9-10,16H,8H2,1H3. The number of fused-ring (bicyclic) bond motifs is 1. The summed E-state index contributed by atoms with van der Waals surface area (Å²) in [5.74, 6) is 0. The molecular formula is C15H14N2O. The van der Waals surface area contributed by atoms with Crippen molar-refractivity contribution in [2.75, 3.05) is 0 Å². The van der Waals surface area contributed by atoms with Crippen molar-refractivity contribution < 1.29 is 0 Å². The number of aromatic amines is 1. The van der Waals surface area contributed by atoms with Crippen LogP contribution >= 0.6 is 0 Å². The summed E-state index contributed by atoms with van der Waals surface area (Å²) in [4.78, 5) is 14.5. The second-order valence-electron chi connectivity index (χ2n) is 4.60. The smallest absolute Gasteiger partial charge is 0.183 e. The molecule has 0 fully saturated rings. The van der Waals surface area contributed by atoms with E-state index in [4.69, 9.17) is 0 Å². The minimum absolute atomic E-state index is 0.0268. The van der Waals surface area contributed by atoms with Crippen molar-refractivity contribution >= 4 is 5.65 Å². The Morgan fingerprint density at radius 2 is 2.11 bits per heavy atom. The molecule has 0 amide bonds. The van der Waals surface area contributed by atoms with Gasteiger partial charge >= 0.3 is 0 Å². The molecule has 3 heteroatoms. The van der Waals surface area contributed by atoms with Gasteiger partial charge in [0.1, 0.15) is 5.65 Å². The molecule has 0 aliphatic heterocycles. The van der Waals surface area contributed by atoms with Crippen LogP contribution in [0.4, 0.5) is 0 Å². The predicted molar refractivity (Wildman–Crippen MR) is 72.0 cm³/mol. The summed E-state index contributed by atoms with van der Waals surface area (Å²) < 4.78 is 1.94. The van der Waals surface area contributed by atoms with E-state index in [0.717, 1.165) is 17.8 Å². The molecule has 0 aliphatic rings. The van der Waals surface area contributed by atoms with Gasteiger partial charge in [0.25, 0.3) is 0 Å². The summed E-state index contributed by atoms with van der Waals surface area (Å²) >= 11 is 0. The topological polar surface area (TPSA) is 37.3 Å². The van der Waals surface area contributed by atoms with E-state index < -0.39 is 0 Å². The zero-order valence-electron chi connectivity index (χ0n) is 10.2. The molecule has 0 spiro atoms. The lowest BCUT2D eigenvalue weighted by Gasteiger charge is -1.99. The largest absolute Gasteiger partial charge is 0.343 e. The fourth-order valence-corrected chi connectivity index (χ4v) is 2.20. The number of rotatable bonds is 2. The number of nitrogens with zero attached hydrogens (tertiary/aromatic N) is 1. The van der Waals surface area contributed by atoms with E-state index >= 15 is 0 Å². The Hall–Kier alpha value is -2.29. The van der Waals surface area contributed by atoms with Gasteiger partial charge in [0.2, 0.25) is 0 Å². The normalized spacial score (nSPS) is 10.9. The quantitative estimate of drug-likeness (QED) is 0.732. The maximum Gasteiger partial charge on any atom is 0.183 e. The van der Waals surface area contributed by atoms with Crippen LogP contribution in [0.25, 0.3) is 5.65 Å². The molecule has 3 aromatic rings. The Labute approximate surface area is 105 Å². The lowest BCUT2D eigenvalue weighted by Crippen LogP contribution is -1.97. The highest BCUT2D eigenvalue weighted by Gasteiger charge is 2.01. The number of nitrogens with one attached hydrogen (secondary N) is 1. The van der Waals surface area contributed by atoms with E-state index in [9.17, 15) is 4.79 Å². The second kappa shape index (κ2) is 4.18. The zero-order valence-corrected chi connectivity index (χ0v) is 10.2. The lowest BCUT2D eigenvalue weighted by atomic mass is 10.1. The average molecular weight is 238 g/mol. The average Bonchev–Trinajstić information content (AvgIpc) is 2.70. The van der Waals surface area contributed by atoms with Gasteiger partial charge in [-0.1, -0.05) is 29.8 Å². The Kier molecular flexibility index (Phi) is 2.52. The number of hydrogen-bond donors (Lipinski definition) is 1. The van der Waals surface area contributed by atoms with Crippen LogP contribution in [-0.2, 0) is 6.42 Å². The van der Waals surface area contributed by atoms with E-state index in [0.29, 0.717) is 0 Å². The molecule has 90 valence electrons. The third kappa shape index (κ3) is 2.07. The molecule has 1 aromatic carbocycles. The zero-order chi connectivity index (χ0) is 12.5. The molecule has 0 saturated heterocycles. The number of benzene rings is 1. The van der Waals surface area contributed by atoms with Crippen molar-refractivity contribution in [3.63, 3.8) is 0 Å². The van der Waals surface area contributed by atoms with Crippen LogP contribution in [0.5, 0.6) is 0 Å². The molecule has 0 unspecified atom stereocenters. The van der Waals surface area contributed by atoms with Crippen molar-refractivity contribution in [3.05, 3.63) is 75.8 Å². The minimum Gasteiger partial charge on any atom is -0.343 e.